The highest BCUT2D eigenvalue weighted by molar-refractivity contribution is 6.02. The highest BCUT2D eigenvalue weighted by Crippen LogP contribution is 2.20. The standard InChI is InChI=1S/C25H30N4O2/c1-19-6-7-20(2)24(16-19)31-18-29-15-12-23(27-29)25(30)26-22-10-8-21(9-11-22)17-28-13-4-3-5-14-28/h6-12,15-16H,3-5,13-14,17-18H2,1-2H3,(H,26,30). The lowest BCUT2D eigenvalue weighted by atomic mass is 10.1. The van der Waals surface area contributed by atoms with Gasteiger partial charge in [0.05, 0.1) is 0 Å². The number of amides is 1. The van der Waals surface area contributed by atoms with Crippen molar-refractivity contribution < 1.29 is 9.53 Å². The van der Waals surface area contributed by atoms with Crippen molar-refractivity contribution in [3.05, 3.63) is 77.1 Å². The molecule has 1 aliphatic rings. The molecule has 6 nitrogen and oxygen atoms in total. The fourth-order valence-corrected chi connectivity index (χ4v) is 3.82. The van der Waals surface area contributed by atoms with E-state index < -0.39 is 0 Å². The van der Waals surface area contributed by atoms with E-state index in [2.05, 4.69) is 33.5 Å². The van der Waals surface area contributed by atoms with E-state index in [9.17, 15) is 4.79 Å². The molecule has 1 aliphatic heterocycles. The van der Waals surface area contributed by atoms with Crippen molar-refractivity contribution in [2.45, 2.75) is 46.4 Å². The van der Waals surface area contributed by atoms with Crippen LogP contribution in [-0.2, 0) is 13.3 Å². The molecule has 4 rings (SSSR count). The molecule has 2 aromatic carbocycles. The van der Waals surface area contributed by atoms with Crippen molar-refractivity contribution in [1.29, 1.82) is 0 Å². The van der Waals surface area contributed by atoms with E-state index in [1.54, 1.807) is 16.9 Å². The molecule has 1 N–H and O–H groups in total. The summed E-state index contributed by atoms with van der Waals surface area (Å²) < 4.78 is 7.48. The van der Waals surface area contributed by atoms with E-state index in [0.717, 1.165) is 29.1 Å². The third-order valence-electron chi connectivity index (χ3n) is 5.64. The predicted octanol–water partition coefficient (Wildman–Crippen LogP) is 4.77. The summed E-state index contributed by atoms with van der Waals surface area (Å²) in [5.41, 5.74) is 4.62. The smallest absolute Gasteiger partial charge is 0.276 e. The molecule has 0 bridgehead atoms. The molecule has 0 spiro atoms. The lowest BCUT2D eigenvalue weighted by Crippen LogP contribution is -2.29. The molecule has 0 unspecified atom stereocenters. The van der Waals surface area contributed by atoms with Gasteiger partial charge in [0.25, 0.3) is 5.91 Å². The van der Waals surface area contributed by atoms with Crippen LogP contribution in [0.1, 0.15) is 46.4 Å². The first kappa shape index (κ1) is 21.1. The number of carbonyl (C=O) groups excluding carboxylic acids is 1. The van der Waals surface area contributed by atoms with Crippen molar-refractivity contribution >= 4 is 11.6 Å². The predicted molar refractivity (Wildman–Crippen MR) is 122 cm³/mol. The number of benzene rings is 2. The second-order valence-electron chi connectivity index (χ2n) is 8.27. The van der Waals surface area contributed by atoms with Gasteiger partial charge in [0, 0.05) is 18.4 Å². The van der Waals surface area contributed by atoms with Crippen molar-refractivity contribution in [2.75, 3.05) is 18.4 Å². The Morgan fingerprint density at radius 1 is 1.03 bits per heavy atom. The number of hydrogen-bond donors (Lipinski definition) is 1. The molecule has 0 aliphatic carbocycles. The van der Waals surface area contributed by atoms with Crippen LogP contribution in [-0.4, -0.2) is 33.7 Å². The molecule has 2 heterocycles. The zero-order valence-corrected chi connectivity index (χ0v) is 18.3. The van der Waals surface area contributed by atoms with Gasteiger partial charge in [0.2, 0.25) is 0 Å². The number of carbonyl (C=O) groups is 1. The Bertz CT molecular complexity index is 1020. The minimum Gasteiger partial charge on any atom is -0.471 e. The van der Waals surface area contributed by atoms with Crippen molar-refractivity contribution in [3.8, 4) is 5.75 Å². The van der Waals surface area contributed by atoms with E-state index in [-0.39, 0.29) is 12.6 Å². The number of hydrogen-bond acceptors (Lipinski definition) is 4. The Morgan fingerprint density at radius 3 is 2.58 bits per heavy atom. The molecule has 1 amide bonds. The second kappa shape index (κ2) is 9.79. The molecule has 6 heteroatoms. The maximum atomic E-state index is 12.6. The Balaban J connectivity index is 1.30. The van der Waals surface area contributed by atoms with Crippen LogP contribution in [0.3, 0.4) is 0 Å². The lowest BCUT2D eigenvalue weighted by Gasteiger charge is -2.26. The molecule has 3 aromatic rings. The summed E-state index contributed by atoms with van der Waals surface area (Å²) in [7, 11) is 0. The van der Waals surface area contributed by atoms with Crippen molar-refractivity contribution in [1.82, 2.24) is 14.7 Å². The van der Waals surface area contributed by atoms with Crippen molar-refractivity contribution in [3.63, 3.8) is 0 Å². The van der Waals surface area contributed by atoms with Crippen LogP contribution in [0.2, 0.25) is 0 Å². The molecule has 1 fully saturated rings. The van der Waals surface area contributed by atoms with Gasteiger partial charge < -0.3 is 10.1 Å². The molecule has 1 aromatic heterocycles. The zero-order chi connectivity index (χ0) is 21.6. The Hall–Kier alpha value is -3.12. The fraction of sp³-hybridized carbons (Fsp3) is 0.360. The SMILES string of the molecule is Cc1ccc(C)c(OCn2ccc(C(=O)Nc3ccc(CN4CCCCC4)cc3)n2)c1. The van der Waals surface area contributed by atoms with Gasteiger partial charge in [0.15, 0.2) is 12.4 Å². The maximum Gasteiger partial charge on any atom is 0.276 e. The van der Waals surface area contributed by atoms with Gasteiger partial charge in [0.1, 0.15) is 5.75 Å². The number of nitrogens with zero attached hydrogens (tertiary/aromatic N) is 3. The summed E-state index contributed by atoms with van der Waals surface area (Å²) >= 11 is 0. The number of likely N-dealkylation sites (tertiary alicyclic amines) is 1. The van der Waals surface area contributed by atoms with Crippen LogP contribution >= 0.6 is 0 Å². The van der Waals surface area contributed by atoms with Crippen LogP contribution in [0.4, 0.5) is 5.69 Å². The fourth-order valence-electron chi connectivity index (χ4n) is 3.82. The summed E-state index contributed by atoms with van der Waals surface area (Å²) in [6.07, 6.45) is 5.67. The van der Waals surface area contributed by atoms with Gasteiger partial charge >= 0.3 is 0 Å². The van der Waals surface area contributed by atoms with Gasteiger partial charge in [-0.25, -0.2) is 4.68 Å². The molecule has 0 saturated carbocycles. The number of aromatic nitrogens is 2. The topological polar surface area (TPSA) is 59.4 Å². The van der Waals surface area contributed by atoms with E-state index in [0.29, 0.717) is 5.69 Å². The quantitative estimate of drug-likeness (QED) is 0.600. The summed E-state index contributed by atoms with van der Waals surface area (Å²) in [4.78, 5) is 15.1. The van der Waals surface area contributed by atoms with Crippen LogP contribution in [0, 0.1) is 13.8 Å². The first-order valence-electron chi connectivity index (χ1n) is 10.9. The average Bonchev–Trinajstić information content (AvgIpc) is 3.26. The van der Waals surface area contributed by atoms with E-state index >= 15 is 0 Å². The lowest BCUT2D eigenvalue weighted by molar-refractivity contribution is 0.102. The van der Waals surface area contributed by atoms with Crippen LogP contribution in [0.5, 0.6) is 5.75 Å². The molecule has 0 radical (unpaired) electrons. The van der Waals surface area contributed by atoms with Crippen molar-refractivity contribution in [2.24, 2.45) is 0 Å². The Labute approximate surface area is 183 Å². The van der Waals surface area contributed by atoms with Crippen LogP contribution in [0.25, 0.3) is 0 Å². The first-order chi connectivity index (χ1) is 15.1. The average molecular weight is 419 g/mol. The van der Waals surface area contributed by atoms with E-state index in [4.69, 9.17) is 4.74 Å². The monoisotopic (exact) mass is 418 g/mol. The van der Waals surface area contributed by atoms with Gasteiger partial charge in [-0.15, -0.1) is 0 Å². The summed E-state index contributed by atoms with van der Waals surface area (Å²) in [6.45, 7) is 7.61. The largest absolute Gasteiger partial charge is 0.471 e. The minimum absolute atomic E-state index is 0.228. The first-order valence-corrected chi connectivity index (χ1v) is 10.9. The Kier molecular flexibility index (Phi) is 6.67. The van der Waals surface area contributed by atoms with Gasteiger partial charge in [-0.2, -0.15) is 5.10 Å². The molecule has 31 heavy (non-hydrogen) atoms. The third-order valence-corrected chi connectivity index (χ3v) is 5.64. The number of ether oxygens (including phenoxy) is 1. The highest BCUT2D eigenvalue weighted by atomic mass is 16.5. The number of anilines is 1. The summed E-state index contributed by atoms with van der Waals surface area (Å²) in [5, 5.41) is 7.26. The number of nitrogens with one attached hydrogen (secondary N) is 1. The molecular formula is C25H30N4O2. The van der Waals surface area contributed by atoms with Gasteiger partial charge in [-0.05, 0) is 80.7 Å². The number of piperidine rings is 1. The van der Waals surface area contributed by atoms with Crippen LogP contribution in [0.15, 0.2) is 54.7 Å². The van der Waals surface area contributed by atoms with Gasteiger partial charge in [-0.1, -0.05) is 30.7 Å². The Morgan fingerprint density at radius 2 is 1.81 bits per heavy atom. The normalized spacial score (nSPS) is 14.4. The maximum absolute atomic E-state index is 12.6. The van der Waals surface area contributed by atoms with E-state index in [1.807, 2.05) is 38.1 Å². The molecule has 162 valence electrons. The molecule has 1 saturated heterocycles. The molecular weight excluding hydrogens is 388 g/mol. The highest BCUT2D eigenvalue weighted by Gasteiger charge is 2.12. The number of aryl methyl sites for hydroxylation is 2. The van der Waals surface area contributed by atoms with E-state index in [1.165, 1.54) is 37.9 Å². The summed E-state index contributed by atoms with van der Waals surface area (Å²) in [5.74, 6) is 0.598. The second-order valence-corrected chi connectivity index (χ2v) is 8.27. The zero-order valence-electron chi connectivity index (χ0n) is 18.3. The summed E-state index contributed by atoms with van der Waals surface area (Å²) in [6, 6.07) is 15.9. The minimum atomic E-state index is -0.228. The number of rotatable bonds is 7. The molecule has 0 atom stereocenters. The van der Waals surface area contributed by atoms with Gasteiger partial charge in [-0.3, -0.25) is 9.69 Å². The van der Waals surface area contributed by atoms with Crippen LogP contribution < -0.4 is 10.1 Å². The third kappa shape index (κ3) is 5.73.